The maximum Gasteiger partial charge on any atom is 0.327 e. The number of carboxylic acid groups (broad SMARTS) is 1. The largest absolute Gasteiger partial charge is 0.480 e. The molecule has 0 fully saturated rings. The normalized spacial score (nSPS) is 12.8. The number of carbonyl (C=O) groups is 2. The van der Waals surface area contributed by atoms with Gasteiger partial charge < -0.3 is 20.3 Å². The zero-order valence-electron chi connectivity index (χ0n) is 29.8. The van der Waals surface area contributed by atoms with E-state index in [9.17, 15) is 19.8 Å². The van der Waals surface area contributed by atoms with E-state index >= 15 is 0 Å². The van der Waals surface area contributed by atoms with E-state index in [0.717, 1.165) is 25.7 Å². The summed E-state index contributed by atoms with van der Waals surface area (Å²) < 4.78 is 5.64. The second-order valence-electron chi connectivity index (χ2n) is 13.3. The lowest BCUT2D eigenvalue weighted by atomic mass is 10.0. The van der Waals surface area contributed by atoms with E-state index in [1.54, 1.807) is 0 Å². The number of unbranched alkanes of at least 4 members (excludes halogenated alkanes) is 25. The van der Waals surface area contributed by atoms with Crippen LogP contribution in [0.2, 0.25) is 0 Å². The molecular weight excluding hydrogens is 582 g/mol. The fourth-order valence-corrected chi connectivity index (χ4v) is 6.70. The number of nitrogens with one attached hydrogen (secondary N) is 1. The molecule has 0 aromatic heterocycles. The van der Waals surface area contributed by atoms with E-state index in [4.69, 9.17) is 4.74 Å². The molecule has 0 aromatic rings. The van der Waals surface area contributed by atoms with Gasteiger partial charge in [0.05, 0.1) is 12.7 Å². The average Bonchev–Trinajstić information content (AvgIpc) is 3.02. The lowest BCUT2D eigenvalue weighted by Gasteiger charge is -2.16. The fourth-order valence-electron chi connectivity index (χ4n) is 5.73. The number of hydrogen-bond acceptors (Lipinski definition) is 5. The van der Waals surface area contributed by atoms with Crippen molar-refractivity contribution in [1.29, 1.82) is 0 Å². The Morgan fingerprint density at radius 1 is 0.578 bits per heavy atom. The Morgan fingerprint density at radius 3 is 1.36 bits per heavy atom. The first-order valence-electron chi connectivity index (χ1n) is 19.4. The number of amides is 1. The second-order valence-corrected chi connectivity index (χ2v) is 14.4. The molecule has 6 nitrogen and oxygen atoms in total. The second kappa shape index (κ2) is 36.1. The molecule has 1 unspecified atom stereocenters. The van der Waals surface area contributed by atoms with Gasteiger partial charge >= 0.3 is 5.97 Å². The lowest BCUT2D eigenvalue weighted by molar-refractivity contribution is -0.141. The summed E-state index contributed by atoms with van der Waals surface area (Å²) in [5.74, 6) is -0.569. The molecule has 7 heteroatoms. The van der Waals surface area contributed by atoms with Crippen LogP contribution in [0.1, 0.15) is 194 Å². The summed E-state index contributed by atoms with van der Waals surface area (Å²) >= 11 is 1.35. The van der Waals surface area contributed by atoms with Crippen LogP contribution in [0.3, 0.4) is 0 Å². The first kappa shape index (κ1) is 44.2. The van der Waals surface area contributed by atoms with Crippen molar-refractivity contribution in [2.75, 3.05) is 24.7 Å². The molecule has 0 spiro atoms. The maximum absolute atomic E-state index is 12.3. The molecule has 2 atom stereocenters. The van der Waals surface area contributed by atoms with E-state index in [2.05, 4.69) is 19.2 Å². The summed E-state index contributed by atoms with van der Waals surface area (Å²) in [7, 11) is 0. The summed E-state index contributed by atoms with van der Waals surface area (Å²) in [4.78, 5) is 23.9. The van der Waals surface area contributed by atoms with Crippen molar-refractivity contribution in [3.63, 3.8) is 0 Å². The van der Waals surface area contributed by atoms with E-state index in [1.165, 1.54) is 159 Å². The summed E-state index contributed by atoms with van der Waals surface area (Å²) in [5, 5.41) is 22.4. The number of carbonyl (C=O) groups excluding carboxylic acids is 1. The van der Waals surface area contributed by atoms with Gasteiger partial charge in [-0.05, 0) is 12.8 Å². The highest BCUT2D eigenvalue weighted by atomic mass is 32.2. The van der Waals surface area contributed by atoms with Crippen molar-refractivity contribution in [2.45, 2.75) is 206 Å². The van der Waals surface area contributed by atoms with Gasteiger partial charge in [-0.1, -0.05) is 174 Å². The number of rotatable bonds is 37. The van der Waals surface area contributed by atoms with Crippen molar-refractivity contribution in [1.82, 2.24) is 5.32 Å². The highest BCUT2D eigenvalue weighted by Crippen LogP contribution is 2.15. The highest BCUT2D eigenvalue weighted by Gasteiger charge is 2.20. The number of thioether (sulfide) groups is 1. The van der Waals surface area contributed by atoms with Crippen LogP contribution in [0, 0.1) is 0 Å². The average molecular weight is 658 g/mol. The lowest BCUT2D eigenvalue weighted by Crippen LogP contribution is -2.42. The molecule has 0 aliphatic rings. The predicted octanol–water partition coefficient (Wildman–Crippen LogP) is 10.6. The third-order valence-electron chi connectivity index (χ3n) is 8.69. The topological polar surface area (TPSA) is 95.9 Å². The maximum atomic E-state index is 12.3. The molecule has 0 bridgehead atoms. The molecule has 268 valence electrons. The monoisotopic (exact) mass is 658 g/mol. The molecule has 0 radical (unpaired) electrons. The van der Waals surface area contributed by atoms with Gasteiger partial charge in [-0.25, -0.2) is 4.79 Å². The fraction of sp³-hybridized carbons (Fsp3) is 0.947. The van der Waals surface area contributed by atoms with Gasteiger partial charge in [-0.3, -0.25) is 4.79 Å². The predicted molar refractivity (Wildman–Crippen MR) is 194 cm³/mol. The van der Waals surface area contributed by atoms with Crippen molar-refractivity contribution in [2.24, 2.45) is 0 Å². The molecular formula is C38H75NO5S. The van der Waals surface area contributed by atoms with Crippen LogP contribution >= 0.6 is 11.8 Å². The van der Waals surface area contributed by atoms with Crippen LogP contribution in [0.4, 0.5) is 0 Å². The van der Waals surface area contributed by atoms with Crippen LogP contribution in [-0.2, 0) is 14.3 Å². The van der Waals surface area contributed by atoms with Crippen LogP contribution in [0.25, 0.3) is 0 Å². The molecule has 0 saturated heterocycles. The Labute approximate surface area is 283 Å². The molecule has 1 amide bonds. The van der Waals surface area contributed by atoms with E-state index in [1.807, 2.05) is 0 Å². The quantitative estimate of drug-likeness (QED) is 0.0575. The molecule has 45 heavy (non-hydrogen) atoms. The minimum Gasteiger partial charge on any atom is -0.480 e. The first-order valence-corrected chi connectivity index (χ1v) is 20.5. The number of carboxylic acids is 1. The van der Waals surface area contributed by atoms with E-state index in [-0.39, 0.29) is 18.3 Å². The summed E-state index contributed by atoms with van der Waals surface area (Å²) in [6, 6.07) is -0.923. The number of ether oxygens (including phenoxy) is 1. The van der Waals surface area contributed by atoms with Crippen molar-refractivity contribution >= 4 is 23.6 Å². The standard InChI is InChI=1S/C38H75NO5S/c1-3-5-7-9-11-13-15-17-19-21-23-25-27-29-31-44-32-35(40)33-45-34-36(38(42)43)39-37(41)30-28-26-24-22-20-18-16-14-12-10-8-6-4-2/h35-36,40H,3-34H2,1-2H3,(H,39,41)(H,42,43)/t35-,36?/m1/s1. The summed E-state index contributed by atoms with van der Waals surface area (Å²) in [5.41, 5.74) is 0. The summed E-state index contributed by atoms with van der Waals surface area (Å²) in [6.07, 6.45) is 34.6. The van der Waals surface area contributed by atoms with Gasteiger partial charge in [0.25, 0.3) is 0 Å². The van der Waals surface area contributed by atoms with Gasteiger partial charge in [-0.15, -0.1) is 0 Å². The van der Waals surface area contributed by atoms with Crippen molar-refractivity contribution in [3.8, 4) is 0 Å². The van der Waals surface area contributed by atoms with Crippen LogP contribution in [-0.4, -0.2) is 59.0 Å². The molecule has 0 aliphatic heterocycles. The highest BCUT2D eigenvalue weighted by molar-refractivity contribution is 7.99. The van der Waals surface area contributed by atoms with Crippen LogP contribution in [0.15, 0.2) is 0 Å². The molecule has 0 rings (SSSR count). The summed E-state index contributed by atoms with van der Waals surface area (Å²) in [6.45, 7) is 5.46. The molecule has 0 aromatic carbocycles. The number of hydrogen-bond donors (Lipinski definition) is 3. The zero-order chi connectivity index (χ0) is 33.1. The molecule has 3 N–H and O–H groups in total. The van der Waals surface area contributed by atoms with Gasteiger partial charge in [-0.2, -0.15) is 11.8 Å². The van der Waals surface area contributed by atoms with Crippen molar-refractivity contribution in [3.05, 3.63) is 0 Å². The Hall–Kier alpha value is -0.790. The number of aliphatic hydroxyl groups excluding tert-OH is 1. The van der Waals surface area contributed by atoms with Crippen molar-refractivity contribution < 1.29 is 24.5 Å². The van der Waals surface area contributed by atoms with Crippen LogP contribution in [0.5, 0.6) is 0 Å². The first-order chi connectivity index (χ1) is 22.0. The van der Waals surface area contributed by atoms with E-state index < -0.39 is 18.1 Å². The molecule has 0 heterocycles. The minimum absolute atomic E-state index is 0.192. The van der Waals surface area contributed by atoms with Crippen LogP contribution < -0.4 is 5.32 Å². The molecule has 0 saturated carbocycles. The molecule has 0 aliphatic carbocycles. The van der Waals surface area contributed by atoms with E-state index in [0.29, 0.717) is 18.8 Å². The Kier molecular flexibility index (Phi) is 35.4. The smallest absolute Gasteiger partial charge is 0.327 e. The third-order valence-corrected chi connectivity index (χ3v) is 9.88. The van der Waals surface area contributed by atoms with Gasteiger partial charge in [0.2, 0.25) is 5.91 Å². The Morgan fingerprint density at radius 2 is 0.956 bits per heavy atom. The number of aliphatic hydroxyl groups is 1. The third kappa shape index (κ3) is 34.4. The number of aliphatic carboxylic acids is 1. The van der Waals surface area contributed by atoms with Gasteiger partial charge in [0, 0.05) is 24.5 Å². The Bertz CT molecular complexity index is 635. The zero-order valence-corrected chi connectivity index (χ0v) is 30.6. The van der Waals surface area contributed by atoms with Gasteiger partial charge in [0.1, 0.15) is 6.04 Å². The minimum atomic E-state index is -1.02. The SMILES string of the molecule is CCCCCCCCCCCCCCCCOC[C@@H](O)CSCC(NC(=O)CCCCCCCCCCCCCCC)C(=O)O. The van der Waals surface area contributed by atoms with Gasteiger partial charge in [0.15, 0.2) is 0 Å². The Balaban J connectivity index is 3.59.